The minimum atomic E-state index is -3.65. The van der Waals surface area contributed by atoms with Crippen LogP contribution in [0.4, 0.5) is 0 Å². The smallest absolute Gasteiger partial charge is 0.238 e. The van der Waals surface area contributed by atoms with E-state index in [0.29, 0.717) is 25.6 Å². The molecule has 0 atom stereocenters. The molecular weight excluding hydrogens is 326 g/mol. The van der Waals surface area contributed by atoms with Crippen molar-refractivity contribution in [1.29, 1.82) is 0 Å². The Morgan fingerprint density at radius 1 is 1.21 bits per heavy atom. The molecule has 1 aromatic carbocycles. The molecule has 0 radical (unpaired) electrons. The molecule has 1 saturated carbocycles. The first-order chi connectivity index (χ1) is 11.4. The number of primary sulfonamides is 1. The van der Waals surface area contributed by atoms with Crippen LogP contribution in [0.15, 0.2) is 29.2 Å². The maximum atomic E-state index is 12.0. The van der Waals surface area contributed by atoms with Gasteiger partial charge in [0.1, 0.15) is 0 Å². The minimum Gasteiger partial charge on any atom is -0.355 e. The lowest BCUT2D eigenvalue weighted by molar-refractivity contribution is -0.122. The lowest BCUT2D eigenvalue weighted by Gasteiger charge is -2.30. The molecule has 1 aromatic rings. The number of carbonyl (C=O) groups is 1. The number of nitrogens with two attached hydrogens (primary N) is 1. The van der Waals surface area contributed by atoms with Gasteiger partial charge in [-0.15, -0.1) is 0 Å². The SMILES string of the molecule is CN(CC(=O)NCCc1ccc(S(N)(=O)=O)cc1)C1CCCCC1. The quantitative estimate of drug-likeness (QED) is 0.772. The number of amides is 1. The van der Waals surface area contributed by atoms with E-state index in [1.807, 2.05) is 7.05 Å². The number of hydrogen-bond acceptors (Lipinski definition) is 4. The highest BCUT2D eigenvalue weighted by Gasteiger charge is 2.19. The summed E-state index contributed by atoms with van der Waals surface area (Å²) in [5.41, 5.74) is 0.961. The normalized spacial score (nSPS) is 16.3. The van der Waals surface area contributed by atoms with E-state index in [2.05, 4.69) is 10.2 Å². The molecule has 0 heterocycles. The standard InChI is InChI=1S/C17H27N3O3S/c1-20(15-5-3-2-4-6-15)13-17(21)19-12-11-14-7-9-16(10-8-14)24(18,22)23/h7-10,15H,2-6,11-13H2,1H3,(H,19,21)(H2,18,22,23). The van der Waals surface area contributed by atoms with Crippen molar-refractivity contribution >= 4 is 15.9 Å². The van der Waals surface area contributed by atoms with E-state index in [1.165, 1.54) is 44.2 Å². The van der Waals surface area contributed by atoms with Crippen LogP contribution in [0.2, 0.25) is 0 Å². The second-order valence-electron chi connectivity index (χ2n) is 6.50. The Hall–Kier alpha value is -1.44. The number of likely N-dealkylation sites (N-methyl/N-ethyl adjacent to an activating group) is 1. The maximum Gasteiger partial charge on any atom is 0.238 e. The van der Waals surface area contributed by atoms with Crippen LogP contribution in [0.5, 0.6) is 0 Å². The summed E-state index contributed by atoms with van der Waals surface area (Å²) < 4.78 is 22.4. The summed E-state index contributed by atoms with van der Waals surface area (Å²) in [7, 11) is -1.64. The van der Waals surface area contributed by atoms with Gasteiger partial charge in [-0.1, -0.05) is 31.4 Å². The Kier molecular flexibility index (Phi) is 6.77. The lowest BCUT2D eigenvalue weighted by atomic mass is 9.94. The van der Waals surface area contributed by atoms with Gasteiger partial charge in [0.15, 0.2) is 0 Å². The van der Waals surface area contributed by atoms with Gasteiger partial charge >= 0.3 is 0 Å². The van der Waals surface area contributed by atoms with E-state index < -0.39 is 10.0 Å². The zero-order valence-corrected chi connectivity index (χ0v) is 15.0. The van der Waals surface area contributed by atoms with E-state index >= 15 is 0 Å². The Morgan fingerprint density at radius 3 is 2.42 bits per heavy atom. The molecule has 0 aliphatic heterocycles. The van der Waals surface area contributed by atoms with Crippen molar-refractivity contribution in [3.05, 3.63) is 29.8 Å². The van der Waals surface area contributed by atoms with Crippen molar-refractivity contribution in [2.45, 2.75) is 49.5 Å². The molecule has 0 saturated heterocycles. The third-order valence-corrected chi connectivity index (χ3v) is 5.51. The predicted octanol–water partition coefficient (Wildman–Crippen LogP) is 1.26. The molecular formula is C17H27N3O3S. The van der Waals surface area contributed by atoms with E-state index in [0.717, 1.165) is 5.56 Å². The number of nitrogens with one attached hydrogen (secondary N) is 1. The largest absolute Gasteiger partial charge is 0.355 e. The van der Waals surface area contributed by atoms with Crippen molar-refractivity contribution in [2.24, 2.45) is 5.14 Å². The Labute approximate surface area is 144 Å². The third-order valence-electron chi connectivity index (χ3n) is 4.58. The Bertz CT molecular complexity index is 638. The molecule has 7 heteroatoms. The molecule has 6 nitrogen and oxygen atoms in total. The fraction of sp³-hybridized carbons (Fsp3) is 0.588. The summed E-state index contributed by atoms with van der Waals surface area (Å²) in [5, 5.41) is 7.99. The zero-order chi connectivity index (χ0) is 17.6. The van der Waals surface area contributed by atoms with E-state index in [1.54, 1.807) is 12.1 Å². The number of hydrogen-bond donors (Lipinski definition) is 2. The van der Waals surface area contributed by atoms with Gasteiger partial charge in [-0.05, 0) is 44.0 Å². The lowest BCUT2D eigenvalue weighted by Crippen LogP contribution is -2.41. The third kappa shape index (κ3) is 5.89. The molecule has 0 spiro atoms. The van der Waals surface area contributed by atoms with Gasteiger partial charge in [-0.2, -0.15) is 0 Å². The van der Waals surface area contributed by atoms with Crippen LogP contribution in [0.1, 0.15) is 37.7 Å². The van der Waals surface area contributed by atoms with E-state index in [9.17, 15) is 13.2 Å². The van der Waals surface area contributed by atoms with Crippen LogP contribution in [-0.4, -0.2) is 45.4 Å². The van der Waals surface area contributed by atoms with Gasteiger partial charge in [0, 0.05) is 12.6 Å². The number of rotatable bonds is 7. The molecule has 1 aliphatic carbocycles. The zero-order valence-electron chi connectivity index (χ0n) is 14.2. The second-order valence-corrected chi connectivity index (χ2v) is 8.06. The van der Waals surface area contributed by atoms with E-state index in [4.69, 9.17) is 5.14 Å². The summed E-state index contributed by atoms with van der Waals surface area (Å²) in [4.78, 5) is 14.3. The first-order valence-corrected chi connectivity index (χ1v) is 9.99. The number of carbonyl (C=O) groups excluding carboxylic acids is 1. The summed E-state index contributed by atoms with van der Waals surface area (Å²) in [6.07, 6.45) is 6.83. The van der Waals surface area contributed by atoms with Gasteiger partial charge in [0.25, 0.3) is 0 Å². The first kappa shape index (κ1) is 18.9. The van der Waals surface area contributed by atoms with Gasteiger partial charge in [0.05, 0.1) is 11.4 Å². The molecule has 0 bridgehead atoms. The van der Waals surface area contributed by atoms with Gasteiger partial charge in [-0.25, -0.2) is 13.6 Å². The molecule has 24 heavy (non-hydrogen) atoms. The average Bonchev–Trinajstić information content (AvgIpc) is 2.55. The fourth-order valence-corrected chi connectivity index (χ4v) is 3.64. The number of sulfonamides is 1. The molecule has 1 fully saturated rings. The monoisotopic (exact) mass is 353 g/mol. The Morgan fingerprint density at radius 2 is 1.83 bits per heavy atom. The summed E-state index contributed by atoms with van der Waals surface area (Å²) in [6.45, 7) is 0.959. The van der Waals surface area contributed by atoms with Gasteiger partial charge in [-0.3, -0.25) is 9.69 Å². The van der Waals surface area contributed by atoms with Crippen LogP contribution in [0, 0.1) is 0 Å². The predicted molar refractivity (Wildman–Crippen MR) is 94.0 cm³/mol. The van der Waals surface area contributed by atoms with E-state index in [-0.39, 0.29) is 10.8 Å². The molecule has 134 valence electrons. The first-order valence-electron chi connectivity index (χ1n) is 8.45. The molecule has 3 N–H and O–H groups in total. The van der Waals surface area contributed by atoms with Crippen molar-refractivity contribution in [1.82, 2.24) is 10.2 Å². The van der Waals surface area contributed by atoms with Crippen LogP contribution >= 0.6 is 0 Å². The molecule has 0 aromatic heterocycles. The molecule has 2 rings (SSSR count). The minimum absolute atomic E-state index is 0.0317. The van der Waals surface area contributed by atoms with Gasteiger partial charge in [0.2, 0.25) is 15.9 Å². The van der Waals surface area contributed by atoms with Crippen LogP contribution in [0.25, 0.3) is 0 Å². The highest BCUT2D eigenvalue weighted by Crippen LogP contribution is 2.21. The van der Waals surface area contributed by atoms with Crippen molar-refractivity contribution in [3.8, 4) is 0 Å². The highest BCUT2D eigenvalue weighted by molar-refractivity contribution is 7.89. The van der Waals surface area contributed by atoms with Crippen LogP contribution in [0.3, 0.4) is 0 Å². The topological polar surface area (TPSA) is 92.5 Å². The highest BCUT2D eigenvalue weighted by atomic mass is 32.2. The summed E-state index contributed by atoms with van der Waals surface area (Å²) in [6, 6.07) is 6.95. The Balaban J connectivity index is 1.72. The molecule has 0 unspecified atom stereocenters. The second kappa shape index (κ2) is 8.60. The summed E-state index contributed by atoms with van der Waals surface area (Å²) >= 11 is 0. The summed E-state index contributed by atoms with van der Waals surface area (Å²) in [5.74, 6) is 0.0317. The fourth-order valence-electron chi connectivity index (χ4n) is 3.13. The van der Waals surface area contributed by atoms with Crippen molar-refractivity contribution in [2.75, 3.05) is 20.1 Å². The number of nitrogens with zero attached hydrogens (tertiary/aromatic N) is 1. The molecule has 1 amide bonds. The maximum absolute atomic E-state index is 12.0. The average molecular weight is 353 g/mol. The van der Waals surface area contributed by atoms with Crippen molar-refractivity contribution < 1.29 is 13.2 Å². The molecule has 1 aliphatic rings. The van der Waals surface area contributed by atoms with Crippen LogP contribution < -0.4 is 10.5 Å². The van der Waals surface area contributed by atoms with Crippen molar-refractivity contribution in [3.63, 3.8) is 0 Å². The van der Waals surface area contributed by atoms with Crippen LogP contribution in [-0.2, 0) is 21.2 Å². The number of benzene rings is 1. The van der Waals surface area contributed by atoms with Gasteiger partial charge < -0.3 is 5.32 Å².